The molecule has 1 aromatic heterocycles. The number of rotatable bonds is 4. The topological polar surface area (TPSA) is 41.3 Å². The van der Waals surface area contributed by atoms with Crippen molar-refractivity contribution in [3.63, 3.8) is 0 Å². The number of hydrogen-bond donors (Lipinski definition) is 1. The van der Waals surface area contributed by atoms with Crippen LogP contribution in [0.2, 0.25) is 0 Å². The molecule has 1 fully saturated rings. The second kappa shape index (κ2) is 6.03. The Morgan fingerprint density at radius 2 is 1.95 bits per heavy atom. The van der Waals surface area contributed by atoms with Crippen molar-refractivity contribution in [1.82, 2.24) is 9.78 Å². The van der Waals surface area contributed by atoms with Gasteiger partial charge in [0.05, 0.1) is 12.6 Å². The summed E-state index contributed by atoms with van der Waals surface area (Å²) in [6.45, 7) is 2.53. The van der Waals surface area contributed by atoms with Crippen LogP contribution in [0.1, 0.15) is 24.5 Å². The summed E-state index contributed by atoms with van der Waals surface area (Å²) < 4.78 is 2.47. The molecule has 0 saturated carbocycles. The zero-order valence-corrected chi connectivity index (χ0v) is 12.7. The van der Waals surface area contributed by atoms with Crippen LogP contribution in [0.5, 0.6) is 0 Å². The minimum Gasteiger partial charge on any atom is -0.386 e. The van der Waals surface area contributed by atoms with Gasteiger partial charge in [0.25, 0.3) is 0 Å². The van der Waals surface area contributed by atoms with Crippen molar-refractivity contribution in [1.29, 1.82) is 0 Å². The van der Waals surface area contributed by atoms with E-state index in [0.717, 1.165) is 27.7 Å². The molecule has 1 N–H and O–H groups in total. The summed E-state index contributed by atoms with van der Waals surface area (Å²) in [4.78, 5) is 2.27. The normalized spacial score (nSPS) is 16.6. The van der Waals surface area contributed by atoms with Crippen molar-refractivity contribution in [2.24, 2.45) is 0 Å². The zero-order chi connectivity index (χ0) is 13.9. The summed E-state index contributed by atoms with van der Waals surface area (Å²) in [5, 5.41) is 15.8. The molecule has 0 amide bonds. The second-order valence-electron chi connectivity index (χ2n) is 4.95. The molecule has 0 radical (unpaired) electrons. The van der Waals surface area contributed by atoms with Crippen LogP contribution < -0.4 is 4.90 Å². The summed E-state index contributed by atoms with van der Waals surface area (Å²) in [7, 11) is 0. The molecule has 0 bridgehead atoms. The SMILES string of the molecule is O[C@@H](Cn1nc(N2CCCC2)sc1=S)c1ccccc1. The van der Waals surface area contributed by atoms with Gasteiger partial charge in [-0.2, -0.15) is 0 Å². The maximum absolute atomic E-state index is 10.3. The van der Waals surface area contributed by atoms with Gasteiger partial charge in [-0.25, -0.2) is 4.68 Å². The molecule has 3 rings (SSSR count). The van der Waals surface area contributed by atoms with E-state index in [1.54, 1.807) is 4.68 Å². The Kier molecular flexibility index (Phi) is 4.14. The summed E-state index contributed by atoms with van der Waals surface area (Å²) >= 11 is 6.89. The predicted molar refractivity (Wildman–Crippen MR) is 83.8 cm³/mol. The van der Waals surface area contributed by atoms with Gasteiger partial charge in [-0.05, 0) is 30.6 Å². The zero-order valence-electron chi connectivity index (χ0n) is 11.1. The van der Waals surface area contributed by atoms with Gasteiger partial charge in [-0.15, -0.1) is 5.10 Å². The molecule has 1 aliphatic heterocycles. The largest absolute Gasteiger partial charge is 0.386 e. The molecule has 0 unspecified atom stereocenters. The van der Waals surface area contributed by atoms with Gasteiger partial charge in [0.15, 0.2) is 3.95 Å². The van der Waals surface area contributed by atoms with Crippen molar-refractivity contribution >= 4 is 28.7 Å². The molecule has 1 atom stereocenters. The Labute approximate surface area is 127 Å². The lowest BCUT2D eigenvalue weighted by atomic mass is 10.1. The Hall–Kier alpha value is -1.24. The van der Waals surface area contributed by atoms with E-state index in [-0.39, 0.29) is 0 Å². The van der Waals surface area contributed by atoms with E-state index >= 15 is 0 Å². The molecule has 1 aliphatic rings. The molecular formula is C14H17N3OS2. The molecule has 1 aromatic carbocycles. The molecule has 0 spiro atoms. The van der Waals surface area contributed by atoms with Crippen LogP contribution in [-0.4, -0.2) is 28.0 Å². The number of aromatic nitrogens is 2. The fourth-order valence-electron chi connectivity index (χ4n) is 2.39. The number of benzene rings is 1. The average molecular weight is 307 g/mol. The van der Waals surface area contributed by atoms with Crippen LogP contribution in [0, 0.1) is 3.95 Å². The van der Waals surface area contributed by atoms with Gasteiger partial charge in [0, 0.05) is 13.1 Å². The summed E-state index contributed by atoms with van der Waals surface area (Å²) in [6.07, 6.45) is 1.87. The van der Waals surface area contributed by atoms with Crippen molar-refractivity contribution in [2.45, 2.75) is 25.5 Å². The highest BCUT2D eigenvalue weighted by Crippen LogP contribution is 2.25. The fourth-order valence-corrected chi connectivity index (χ4v) is 3.56. The smallest absolute Gasteiger partial charge is 0.207 e. The Bertz CT molecular complexity index is 617. The highest BCUT2D eigenvalue weighted by molar-refractivity contribution is 7.73. The van der Waals surface area contributed by atoms with Crippen molar-refractivity contribution in [3.8, 4) is 0 Å². The van der Waals surface area contributed by atoms with Crippen molar-refractivity contribution < 1.29 is 5.11 Å². The van der Waals surface area contributed by atoms with Gasteiger partial charge >= 0.3 is 0 Å². The molecule has 106 valence electrons. The van der Waals surface area contributed by atoms with E-state index in [1.807, 2.05) is 30.3 Å². The first-order valence-corrected chi connectivity index (χ1v) is 8.02. The Morgan fingerprint density at radius 1 is 1.25 bits per heavy atom. The molecule has 2 heterocycles. The lowest BCUT2D eigenvalue weighted by Crippen LogP contribution is -2.18. The quantitative estimate of drug-likeness (QED) is 0.882. The summed E-state index contributed by atoms with van der Waals surface area (Å²) in [5.74, 6) is 0. The summed E-state index contributed by atoms with van der Waals surface area (Å²) in [6, 6.07) is 9.63. The Balaban J connectivity index is 1.76. The van der Waals surface area contributed by atoms with E-state index in [0.29, 0.717) is 6.54 Å². The molecule has 1 saturated heterocycles. The minimum atomic E-state index is -0.573. The van der Waals surface area contributed by atoms with Gasteiger partial charge in [-0.3, -0.25) is 0 Å². The van der Waals surface area contributed by atoms with Gasteiger partial charge in [0.1, 0.15) is 0 Å². The van der Waals surface area contributed by atoms with Crippen LogP contribution in [0.3, 0.4) is 0 Å². The van der Waals surface area contributed by atoms with Gasteiger partial charge in [-0.1, -0.05) is 41.7 Å². The monoisotopic (exact) mass is 307 g/mol. The molecule has 2 aromatic rings. The molecule has 20 heavy (non-hydrogen) atoms. The maximum atomic E-state index is 10.3. The van der Waals surface area contributed by atoms with E-state index in [2.05, 4.69) is 10.00 Å². The number of hydrogen-bond acceptors (Lipinski definition) is 5. The third-order valence-electron chi connectivity index (χ3n) is 3.50. The highest BCUT2D eigenvalue weighted by Gasteiger charge is 2.18. The van der Waals surface area contributed by atoms with Crippen LogP contribution in [0.4, 0.5) is 5.13 Å². The molecule has 4 nitrogen and oxygen atoms in total. The van der Waals surface area contributed by atoms with Crippen molar-refractivity contribution in [2.75, 3.05) is 18.0 Å². The molecular weight excluding hydrogens is 290 g/mol. The van der Waals surface area contributed by atoms with E-state index in [9.17, 15) is 5.11 Å². The number of aliphatic hydroxyl groups is 1. The first-order valence-electron chi connectivity index (χ1n) is 6.80. The van der Waals surface area contributed by atoms with Crippen LogP contribution in [0.25, 0.3) is 0 Å². The summed E-state index contributed by atoms with van der Waals surface area (Å²) in [5.41, 5.74) is 0.894. The molecule has 0 aliphatic carbocycles. The first kappa shape index (κ1) is 13.7. The second-order valence-corrected chi connectivity index (χ2v) is 6.55. The number of aliphatic hydroxyl groups excluding tert-OH is 1. The van der Waals surface area contributed by atoms with Crippen LogP contribution in [-0.2, 0) is 6.54 Å². The lowest BCUT2D eigenvalue weighted by molar-refractivity contribution is 0.151. The van der Waals surface area contributed by atoms with Gasteiger partial charge < -0.3 is 10.0 Å². The molecule has 6 heteroatoms. The lowest BCUT2D eigenvalue weighted by Gasteiger charge is -2.13. The van der Waals surface area contributed by atoms with Gasteiger partial charge in [0.2, 0.25) is 5.13 Å². The standard InChI is InChI=1S/C14H17N3OS2/c18-12(11-6-2-1-3-7-11)10-17-14(19)20-13(15-17)16-8-4-5-9-16/h1-3,6-7,12,18H,4-5,8-10H2/t12-/m0/s1. The fraction of sp³-hybridized carbons (Fsp3) is 0.429. The predicted octanol–water partition coefficient (Wildman–Crippen LogP) is 3.01. The first-order chi connectivity index (χ1) is 9.74. The number of anilines is 1. The average Bonchev–Trinajstić information content (AvgIpc) is 3.10. The minimum absolute atomic E-state index is 0.410. The number of nitrogens with zero attached hydrogens (tertiary/aromatic N) is 3. The van der Waals surface area contributed by atoms with Crippen molar-refractivity contribution in [3.05, 3.63) is 39.8 Å². The third-order valence-corrected chi connectivity index (χ3v) is 4.87. The van der Waals surface area contributed by atoms with Crippen LogP contribution in [0.15, 0.2) is 30.3 Å². The maximum Gasteiger partial charge on any atom is 0.207 e. The Morgan fingerprint density at radius 3 is 2.65 bits per heavy atom. The van der Waals surface area contributed by atoms with Crippen LogP contribution >= 0.6 is 23.6 Å². The highest BCUT2D eigenvalue weighted by atomic mass is 32.1. The van der Waals surface area contributed by atoms with E-state index in [1.165, 1.54) is 24.2 Å². The van der Waals surface area contributed by atoms with E-state index < -0.39 is 6.10 Å². The third kappa shape index (κ3) is 2.92. The van der Waals surface area contributed by atoms with E-state index in [4.69, 9.17) is 12.2 Å².